The number of carboxylic acid groups (broad SMARTS) is 1. The van der Waals surface area contributed by atoms with Crippen LogP contribution in [0.4, 0.5) is 0 Å². The van der Waals surface area contributed by atoms with Crippen molar-refractivity contribution in [3.05, 3.63) is 0 Å². The molecule has 0 aromatic carbocycles. The highest BCUT2D eigenvalue weighted by Crippen LogP contribution is 2.32. The Kier molecular flexibility index (Phi) is 4.51. The van der Waals surface area contributed by atoms with Crippen LogP contribution in [0.25, 0.3) is 0 Å². The van der Waals surface area contributed by atoms with Gasteiger partial charge in [0.1, 0.15) is 6.04 Å². The van der Waals surface area contributed by atoms with Crippen molar-refractivity contribution in [1.29, 1.82) is 0 Å². The van der Waals surface area contributed by atoms with Crippen LogP contribution in [0.1, 0.15) is 46.0 Å². The molecule has 0 heterocycles. The lowest BCUT2D eigenvalue weighted by molar-refractivity contribution is -0.143. The zero-order chi connectivity index (χ0) is 13.1. The Hall–Kier alpha value is -1.10. The lowest BCUT2D eigenvalue weighted by Gasteiger charge is -2.37. The highest BCUT2D eigenvalue weighted by Gasteiger charge is 2.36. The van der Waals surface area contributed by atoms with Gasteiger partial charge in [-0.15, -0.1) is 0 Å². The summed E-state index contributed by atoms with van der Waals surface area (Å²) in [6.07, 6.45) is 3.69. The fourth-order valence-electron chi connectivity index (χ4n) is 2.04. The Balaban J connectivity index is 2.49. The number of carboxylic acids is 1. The maximum Gasteiger partial charge on any atom is 0.326 e. The molecule has 0 bridgehead atoms. The van der Waals surface area contributed by atoms with E-state index in [1.165, 1.54) is 0 Å². The maximum absolute atomic E-state index is 11.7. The molecule has 1 rings (SSSR count). The first kappa shape index (κ1) is 14.0. The van der Waals surface area contributed by atoms with E-state index in [2.05, 4.69) is 5.32 Å². The number of amides is 1. The van der Waals surface area contributed by atoms with Gasteiger partial charge in [-0.1, -0.05) is 20.3 Å². The van der Waals surface area contributed by atoms with Crippen molar-refractivity contribution >= 4 is 11.9 Å². The second kappa shape index (κ2) is 5.49. The van der Waals surface area contributed by atoms with E-state index in [1.54, 1.807) is 0 Å². The average molecular weight is 242 g/mol. The van der Waals surface area contributed by atoms with E-state index in [0.717, 1.165) is 19.3 Å². The van der Waals surface area contributed by atoms with Crippen molar-refractivity contribution < 1.29 is 14.7 Å². The molecule has 0 aromatic heterocycles. The molecule has 0 aliphatic heterocycles. The predicted octanol–water partition coefficient (Wildman–Crippen LogP) is 0.873. The summed E-state index contributed by atoms with van der Waals surface area (Å²) in [7, 11) is 0. The quantitative estimate of drug-likeness (QED) is 0.644. The summed E-state index contributed by atoms with van der Waals surface area (Å²) in [6, 6.07) is -0.809. The molecule has 0 unspecified atom stereocenters. The van der Waals surface area contributed by atoms with Gasteiger partial charge < -0.3 is 16.2 Å². The van der Waals surface area contributed by atoms with Gasteiger partial charge in [-0.05, 0) is 25.2 Å². The van der Waals surface area contributed by atoms with Gasteiger partial charge in [-0.3, -0.25) is 4.79 Å². The molecule has 1 fully saturated rings. The molecule has 2 atom stereocenters. The first-order valence-electron chi connectivity index (χ1n) is 6.19. The lowest BCUT2D eigenvalue weighted by Crippen LogP contribution is -2.53. The Morgan fingerprint density at radius 1 is 1.47 bits per heavy atom. The summed E-state index contributed by atoms with van der Waals surface area (Å²) in [6.45, 7) is 3.73. The number of carbonyl (C=O) groups excluding carboxylic acids is 1. The van der Waals surface area contributed by atoms with Gasteiger partial charge in [-0.25, -0.2) is 4.79 Å². The Morgan fingerprint density at radius 2 is 2.06 bits per heavy atom. The van der Waals surface area contributed by atoms with E-state index in [0.29, 0.717) is 6.42 Å². The highest BCUT2D eigenvalue weighted by atomic mass is 16.4. The van der Waals surface area contributed by atoms with Crippen LogP contribution < -0.4 is 11.1 Å². The summed E-state index contributed by atoms with van der Waals surface area (Å²) in [5, 5.41) is 11.6. The topological polar surface area (TPSA) is 92.4 Å². The molecule has 5 nitrogen and oxygen atoms in total. The number of aliphatic carboxylic acids is 1. The third kappa shape index (κ3) is 3.70. The van der Waals surface area contributed by atoms with Crippen LogP contribution >= 0.6 is 0 Å². The van der Waals surface area contributed by atoms with Gasteiger partial charge in [0.25, 0.3) is 0 Å². The Bertz CT molecular complexity index is 300. The minimum atomic E-state index is -0.979. The SMILES string of the molecule is CC[C@H](C)[C@H](NC(=O)CC1(N)CCC1)C(=O)O. The van der Waals surface area contributed by atoms with E-state index < -0.39 is 17.6 Å². The van der Waals surface area contributed by atoms with Gasteiger partial charge >= 0.3 is 5.97 Å². The summed E-state index contributed by atoms with van der Waals surface area (Å²) in [5.41, 5.74) is 5.56. The number of carbonyl (C=O) groups is 2. The van der Waals surface area contributed by atoms with Crippen molar-refractivity contribution in [3.63, 3.8) is 0 Å². The summed E-state index contributed by atoms with van der Waals surface area (Å²) < 4.78 is 0. The predicted molar refractivity (Wildman–Crippen MR) is 64.4 cm³/mol. The standard InChI is InChI=1S/C12H22N2O3/c1-3-8(2)10(11(16)17)14-9(15)7-12(13)5-4-6-12/h8,10H,3-7,13H2,1-2H3,(H,14,15)(H,16,17)/t8-,10-/m0/s1. The smallest absolute Gasteiger partial charge is 0.326 e. The average Bonchev–Trinajstić information content (AvgIpc) is 2.22. The maximum atomic E-state index is 11.7. The molecule has 0 saturated heterocycles. The van der Waals surface area contributed by atoms with Crippen LogP contribution in [0.5, 0.6) is 0 Å². The van der Waals surface area contributed by atoms with Crippen LogP contribution in [0, 0.1) is 5.92 Å². The third-order valence-corrected chi connectivity index (χ3v) is 3.66. The number of rotatable bonds is 6. The molecular formula is C12H22N2O3. The third-order valence-electron chi connectivity index (χ3n) is 3.66. The molecule has 0 radical (unpaired) electrons. The van der Waals surface area contributed by atoms with Crippen molar-refractivity contribution in [2.45, 2.75) is 57.5 Å². The molecule has 0 spiro atoms. The van der Waals surface area contributed by atoms with E-state index in [4.69, 9.17) is 10.8 Å². The van der Waals surface area contributed by atoms with Gasteiger partial charge in [0.15, 0.2) is 0 Å². The van der Waals surface area contributed by atoms with E-state index in [9.17, 15) is 9.59 Å². The molecule has 1 amide bonds. The Labute approximate surface area is 102 Å². The molecule has 98 valence electrons. The number of nitrogens with one attached hydrogen (secondary N) is 1. The van der Waals surface area contributed by atoms with Crippen molar-refractivity contribution in [1.82, 2.24) is 5.32 Å². The second-order valence-corrected chi connectivity index (χ2v) is 5.16. The first-order valence-corrected chi connectivity index (χ1v) is 6.19. The normalized spacial score (nSPS) is 21.1. The van der Waals surface area contributed by atoms with Gasteiger partial charge in [0.05, 0.1) is 0 Å². The zero-order valence-corrected chi connectivity index (χ0v) is 10.5. The van der Waals surface area contributed by atoms with Gasteiger partial charge in [-0.2, -0.15) is 0 Å². The molecule has 4 N–H and O–H groups in total. The number of hydrogen-bond acceptors (Lipinski definition) is 3. The monoisotopic (exact) mass is 242 g/mol. The van der Waals surface area contributed by atoms with Gasteiger partial charge in [0, 0.05) is 12.0 Å². The number of nitrogens with two attached hydrogens (primary N) is 1. The molecule has 0 aromatic rings. The van der Waals surface area contributed by atoms with E-state index >= 15 is 0 Å². The van der Waals surface area contributed by atoms with Crippen LogP contribution in [-0.2, 0) is 9.59 Å². The largest absolute Gasteiger partial charge is 0.480 e. The molecule has 5 heteroatoms. The summed E-state index contributed by atoms with van der Waals surface area (Å²) in [5.74, 6) is -1.31. The second-order valence-electron chi connectivity index (χ2n) is 5.16. The van der Waals surface area contributed by atoms with E-state index in [-0.39, 0.29) is 18.2 Å². The Morgan fingerprint density at radius 3 is 2.41 bits per heavy atom. The van der Waals surface area contributed by atoms with Crippen LogP contribution in [-0.4, -0.2) is 28.6 Å². The molecule has 1 saturated carbocycles. The van der Waals surface area contributed by atoms with Crippen molar-refractivity contribution in [2.24, 2.45) is 11.7 Å². The minimum absolute atomic E-state index is 0.0773. The first-order chi connectivity index (χ1) is 7.88. The molecule has 17 heavy (non-hydrogen) atoms. The van der Waals surface area contributed by atoms with Crippen LogP contribution in [0.3, 0.4) is 0 Å². The van der Waals surface area contributed by atoms with Gasteiger partial charge in [0.2, 0.25) is 5.91 Å². The molecule has 1 aliphatic carbocycles. The molecular weight excluding hydrogens is 220 g/mol. The van der Waals surface area contributed by atoms with Crippen molar-refractivity contribution in [2.75, 3.05) is 0 Å². The van der Waals surface area contributed by atoms with Crippen LogP contribution in [0.15, 0.2) is 0 Å². The summed E-state index contributed by atoms with van der Waals surface area (Å²) in [4.78, 5) is 22.8. The fourth-order valence-corrected chi connectivity index (χ4v) is 2.04. The van der Waals surface area contributed by atoms with E-state index in [1.807, 2.05) is 13.8 Å². The van der Waals surface area contributed by atoms with Crippen molar-refractivity contribution in [3.8, 4) is 0 Å². The fraction of sp³-hybridized carbons (Fsp3) is 0.833. The molecule has 1 aliphatic rings. The highest BCUT2D eigenvalue weighted by molar-refractivity contribution is 5.84. The zero-order valence-electron chi connectivity index (χ0n) is 10.5. The number of hydrogen-bond donors (Lipinski definition) is 3. The minimum Gasteiger partial charge on any atom is -0.480 e. The van der Waals surface area contributed by atoms with Crippen LogP contribution in [0.2, 0.25) is 0 Å². The summed E-state index contributed by atoms with van der Waals surface area (Å²) >= 11 is 0. The lowest BCUT2D eigenvalue weighted by atomic mass is 9.75.